The molecule has 0 bridgehead atoms. The molecule has 118 valence electrons. The average molecular weight is 301 g/mol. The zero-order valence-corrected chi connectivity index (χ0v) is 12.7. The van der Waals surface area contributed by atoms with Crippen molar-refractivity contribution in [2.75, 3.05) is 19.7 Å². The summed E-state index contributed by atoms with van der Waals surface area (Å²) in [4.78, 5) is 11.3. The number of ether oxygens (including phenoxy) is 1. The highest BCUT2D eigenvalue weighted by atomic mass is 16.5. The maximum atomic E-state index is 5.79. The third-order valence-corrected chi connectivity index (χ3v) is 3.11. The first-order chi connectivity index (χ1) is 10.8. The molecule has 0 saturated carbocycles. The number of aliphatic imine (C=N–C) groups is 1. The second-order valence-corrected chi connectivity index (χ2v) is 4.91. The number of benzene rings is 1. The molecule has 1 heterocycles. The minimum atomic E-state index is 0.466. The Kier molecular flexibility index (Phi) is 6.98. The first-order valence-corrected chi connectivity index (χ1v) is 7.47. The van der Waals surface area contributed by atoms with Gasteiger partial charge in [-0.05, 0) is 18.4 Å². The highest BCUT2D eigenvalue weighted by molar-refractivity contribution is 5.77. The molecule has 6 nitrogen and oxygen atoms in total. The number of nitrogens with zero attached hydrogens (tertiary/aromatic N) is 2. The smallest absolute Gasteiger partial charge is 0.188 e. The largest absolute Gasteiger partial charge is 0.375 e. The van der Waals surface area contributed by atoms with E-state index in [1.165, 1.54) is 5.56 Å². The third kappa shape index (κ3) is 6.41. The predicted octanol–water partition coefficient (Wildman–Crippen LogP) is 1.46. The number of imidazole rings is 1. The van der Waals surface area contributed by atoms with Crippen LogP contribution in [0.25, 0.3) is 0 Å². The lowest BCUT2D eigenvalue weighted by molar-refractivity contribution is 0.125. The van der Waals surface area contributed by atoms with Crippen molar-refractivity contribution in [2.24, 2.45) is 10.7 Å². The Morgan fingerprint density at radius 2 is 2.18 bits per heavy atom. The maximum absolute atomic E-state index is 5.79. The fourth-order valence-electron chi connectivity index (χ4n) is 1.96. The van der Waals surface area contributed by atoms with E-state index in [4.69, 9.17) is 10.5 Å². The molecule has 1 aromatic heterocycles. The normalized spacial score (nSPS) is 11.5. The van der Waals surface area contributed by atoms with Crippen LogP contribution >= 0.6 is 0 Å². The van der Waals surface area contributed by atoms with Crippen LogP contribution in [-0.2, 0) is 17.8 Å². The van der Waals surface area contributed by atoms with E-state index in [1.54, 1.807) is 6.33 Å². The number of aromatic nitrogens is 2. The van der Waals surface area contributed by atoms with Crippen LogP contribution in [0, 0.1) is 0 Å². The molecule has 0 aliphatic heterocycles. The minimum Gasteiger partial charge on any atom is -0.375 e. The molecule has 0 radical (unpaired) electrons. The van der Waals surface area contributed by atoms with Crippen molar-refractivity contribution in [3.05, 3.63) is 54.1 Å². The minimum absolute atomic E-state index is 0.466. The molecule has 0 atom stereocenters. The van der Waals surface area contributed by atoms with Crippen molar-refractivity contribution in [3.63, 3.8) is 0 Å². The second kappa shape index (κ2) is 9.57. The third-order valence-electron chi connectivity index (χ3n) is 3.11. The topological polar surface area (TPSA) is 88.3 Å². The summed E-state index contributed by atoms with van der Waals surface area (Å²) in [7, 11) is 0. The number of aromatic amines is 1. The van der Waals surface area contributed by atoms with Gasteiger partial charge in [-0.15, -0.1) is 0 Å². The summed E-state index contributed by atoms with van der Waals surface area (Å²) in [6.45, 7) is 2.56. The van der Waals surface area contributed by atoms with E-state index in [0.29, 0.717) is 32.3 Å². The van der Waals surface area contributed by atoms with Gasteiger partial charge in [-0.1, -0.05) is 30.3 Å². The molecule has 0 saturated heterocycles. The van der Waals surface area contributed by atoms with Crippen LogP contribution in [0.5, 0.6) is 0 Å². The van der Waals surface area contributed by atoms with E-state index in [9.17, 15) is 0 Å². The Hall–Kier alpha value is -2.34. The number of hydrogen-bond acceptors (Lipinski definition) is 3. The zero-order valence-electron chi connectivity index (χ0n) is 12.7. The molecular formula is C16H23N5O. The molecule has 0 spiro atoms. The second-order valence-electron chi connectivity index (χ2n) is 4.91. The van der Waals surface area contributed by atoms with Crippen LogP contribution in [0.2, 0.25) is 0 Å². The number of nitrogens with two attached hydrogens (primary N) is 1. The summed E-state index contributed by atoms with van der Waals surface area (Å²) in [5.41, 5.74) is 8.08. The van der Waals surface area contributed by atoms with Gasteiger partial charge >= 0.3 is 0 Å². The van der Waals surface area contributed by atoms with E-state index in [0.717, 1.165) is 18.5 Å². The first kappa shape index (κ1) is 16.0. The van der Waals surface area contributed by atoms with Crippen LogP contribution in [0.3, 0.4) is 0 Å². The maximum Gasteiger partial charge on any atom is 0.188 e. The quantitative estimate of drug-likeness (QED) is 0.372. The van der Waals surface area contributed by atoms with E-state index in [1.807, 2.05) is 36.5 Å². The summed E-state index contributed by atoms with van der Waals surface area (Å²) in [5, 5.41) is 3.05. The molecule has 2 rings (SSSR count). The van der Waals surface area contributed by atoms with Crippen molar-refractivity contribution < 1.29 is 4.74 Å². The number of rotatable bonds is 9. The first-order valence-electron chi connectivity index (χ1n) is 7.47. The lowest BCUT2D eigenvalue weighted by Gasteiger charge is -2.07. The standard InChI is InChI=1S/C16H23N5O/c17-16(19-8-4-7-15-11-18-13-21-15)20-9-10-22-12-14-5-2-1-3-6-14/h1-3,5-6,11,13H,4,7-10,12H2,(H,18,21)(H3,17,19,20). The van der Waals surface area contributed by atoms with Gasteiger partial charge in [0.1, 0.15) is 0 Å². The molecule has 0 fully saturated rings. The summed E-state index contributed by atoms with van der Waals surface area (Å²) < 4.78 is 5.56. The highest BCUT2D eigenvalue weighted by Crippen LogP contribution is 1.99. The van der Waals surface area contributed by atoms with Gasteiger partial charge < -0.3 is 20.8 Å². The molecule has 6 heteroatoms. The van der Waals surface area contributed by atoms with Crippen molar-refractivity contribution in [1.82, 2.24) is 15.3 Å². The summed E-state index contributed by atoms with van der Waals surface area (Å²) in [6.07, 6.45) is 5.38. The van der Waals surface area contributed by atoms with Crippen LogP contribution < -0.4 is 11.1 Å². The Balaban J connectivity index is 1.49. The number of H-pyrrole nitrogens is 1. The van der Waals surface area contributed by atoms with E-state index < -0.39 is 0 Å². The fourth-order valence-corrected chi connectivity index (χ4v) is 1.96. The van der Waals surface area contributed by atoms with Crippen LogP contribution in [0.15, 0.2) is 47.8 Å². The predicted molar refractivity (Wildman–Crippen MR) is 87.5 cm³/mol. The van der Waals surface area contributed by atoms with Crippen LogP contribution in [0.1, 0.15) is 17.7 Å². The number of guanidine groups is 1. The van der Waals surface area contributed by atoms with E-state index in [2.05, 4.69) is 20.3 Å². The Bertz CT molecular complexity index is 539. The van der Waals surface area contributed by atoms with Gasteiger partial charge in [0.2, 0.25) is 0 Å². The van der Waals surface area contributed by atoms with Gasteiger partial charge in [0, 0.05) is 25.0 Å². The highest BCUT2D eigenvalue weighted by Gasteiger charge is 1.95. The van der Waals surface area contributed by atoms with Crippen molar-refractivity contribution in [3.8, 4) is 0 Å². The molecule has 22 heavy (non-hydrogen) atoms. The average Bonchev–Trinajstić information content (AvgIpc) is 3.06. The van der Waals surface area contributed by atoms with Gasteiger partial charge in [-0.25, -0.2) is 4.98 Å². The molecule has 1 aromatic carbocycles. The van der Waals surface area contributed by atoms with Crippen molar-refractivity contribution in [1.29, 1.82) is 0 Å². The zero-order chi connectivity index (χ0) is 15.5. The molecule has 0 amide bonds. The number of aryl methyl sites for hydroxylation is 1. The summed E-state index contributed by atoms with van der Waals surface area (Å²) >= 11 is 0. The molecule has 2 aromatic rings. The van der Waals surface area contributed by atoms with Crippen LogP contribution in [-0.4, -0.2) is 35.6 Å². The SMILES string of the molecule is NC(=NCCCc1cnc[nH]1)NCCOCc1ccccc1. The van der Waals surface area contributed by atoms with Crippen LogP contribution in [0.4, 0.5) is 0 Å². The Morgan fingerprint density at radius 1 is 1.32 bits per heavy atom. The summed E-state index contributed by atoms with van der Waals surface area (Å²) in [5.74, 6) is 0.466. The monoisotopic (exact) mass is 301 g/mol. The molecular weight excluding hydrogens is 278 g/mol. The number of hydrogen-bond donors (Lipinski definition) is 3. The van der Waals surface area contributed by atoms with Gasteiger partial charge in [0.25, 0.3) is 0 Å². The van der Waals surface area contributed by atoms with E-state index in [-0.39, 0.29) is 0 Å². The number of nitrogens with one attached hydrogen (secondary N) is 2. The lowest BCUT2D eigenvalue weighted by atomic mass is 10.2. The van der Waals surface area contributed by atoms with Crippen molar-refractivity contribution >= 4 is 5.96 Å². The van der Waals surface area contributed by atoms with E-state index >= 15 is 0 Å². The molecule has 0 unspecified atom stereocenters. The lowest BCUT2D eigenvalue weighted by Crippen LogP contribution is -2.34. The van der Waals surface area contributed by atoms with Gasteiger partial charge in [0.15, 0.2) is 5.96 Å². The van der Waals surface area contributed by atoms with Gasteiger partial charge in [-0.3, -0.25) is 4.99 Å². The Morgan fingerprint density at radius 3 is 2.95 bits per heavy atom. The molecule has 0 aliphatic rings. The fraction of sp³-hybridized carbons (Fsp3) is 0.375. The molecule has 4 N–H and O–H groups in total. The molecule has 0 aliphatic carbocycles. The van der Waals surface area contributed by atoms with Crippen molar-refractivity contribution in [2.45, 2.75) is 19.4 Å². The van der Waals surface area contributed by atoms with Gasteiger partial charge in [-0.2, -0.15) is 0 Å². The van der Waals surface area contributed by atoms with Gasteiger partial charge in [0.05, 0.1) is 19.5 Å². The summed E-state index contributed by atoms with van der Waals surface area (Å²) in [6, 6.07) is 10.1. The Labute approximate surface area is 130 Å².